The Morgan fingerprint density at radius 3 is 2.80 bits per heavy atom. The quantitative estimate of drug-likeness (QED) is 0.576. The smallest absolute Gasteiger partial charge is 0.389 e. The molecule has 3 N–H and O–H groups in total. The van der Waals surface area contributed by atoms with Crippen molar-refractivity contribution in [3.8, 4) is 0 Å². The Labute approximate surface area is 112 Å². The third-order valence-corrected chi connectivity index (χ3v) is 2.59. The van der Waals surface area contributed by atoms with Crippen LogP contribution in [0, 0.1) is 10.1 Å². The number of aromatic nitrogens is 2. The minimum Gasteiger partial charge on any atom is -0.480 e. The maximum atomic E-state index is 10.6. The minimum atomic E-state index is -1.11. The van der Waals surface area contributed by atoms with Crippen LogP contribution >= 0.6 is 0 Å². The average Bonchev–Trinajstić information content (AvgIpc) is 2.99. The Hall–Kier alpha value is -2.68. The van der Waals surface area contributed by atoms with Crippen molar-refractivity contribution >= 4 is 11.8 Å². The highest BCUT2D eigenvalue weighted by atomic mass is 16.6. The van der Waals surface area contributed by atoms with Crippen molar-refractivity contribution in [2.45, 2.75) is 19.0 Å². The first-order chi connectivity index (χ1) is 9.45. The van der Waals surface area contributed by atoms with Gasteiger partial charge in [0.05, 0.1) is 17.4 Å². The number of nitrogens with zero attached hydrogens (tertiary/aromatic N) is 3. The summed E-state index contributed by atoms with van der Waals surface area (Å²) in [7, 11) is 0. The number of hydrogen-bond acceptors (Lipinski definition) is 6. The first-order valence-electron chi connectivity index (χ1n) is 5.69. The summed E-state index contributed by atoms with van der Waals surface area (Å²) in [6.07, 6.45) is 1.54. The van der Waals surface area contributed by atoms with Gasteiger partial charge in [0.2, 0.25) is 0 Å². The number of rotatable bonds is 6. The highest BCUT2D eigenvalue weighted by molar-refractivity contribution is 5.73. The zero-order valence-electron chi connectivity index (χ0n) is 10.3. The van der Waals surface area contributed by atoms with E-state index in [-0.39, 0.29) is 18.8 Å². The van der Waals surface area contributed by atoms with Crippen LogP contribution in [0.2, 0.25) is 0 Å². The number of carboxylic acids is 1. The fraction of sp³-hybridized carbons (Fsp3) is 0.273. The topological polar surface area (TPSA) is 137 Å². The lowest BCUT2D eigenvalue weighted by Gasteiger charge is -2.02. The van der Waals surface area contributed by atoms with Gasteiger partial charge in [0.25, 0.3) is 0 Å². The third kappa shape index (κ3) is 3.20. The summed E-state index contributed by atoms with van der Waals surface area (Å²) >= 11 is 0. The van der Waals surface area contributed by atoms with Gasteiger partial charge in [-0.05, 0) is 17.1 Å². The van der Waals surface area contributed by atoms with E-state index < -0.39 is 16.9 Å². The molecule has 2 aromatic rings. The van der Waals surface area contributed by atoms with Crippen molar-refractivity contribution in [3.05, 3.63) is 46.0 Å². The molecule has 2 aromatic heterocycles. The van der Waals surface area contributed by atoms with Crippen molar-refractivity contribution in [2.24, 2.45) is 5.73 Å². The molecule has 2 rings (SSSR count). The van der Waals surface area contributed by atoms with Gasteiger partial charge in [-0.2, -0.15) is 4.68 Å². The maximum absolute atomic E-state index is 10.6. The first-order valence-corrected chi connectivity index (χ1v) is 5.69. The Morgan fingerprint density at radius 2 is 2.20 bits per heavy atom. The molecule has 2 heterocycles. The molecule has 0 radical (unpaired) electrons. The molecule has 1 unspecified atom stereocenters. The summed E-state index contributed by atoms with van der Waals surface area (Å²) in [5, 5.41) is 22.9. The van der Waals surface area contributed by atoms with E-state index in [1.54, 1.807) is 12.1 Å². The monoisotopic (exact) mass is 280 g/mol. The number of furan rings is 1. The average molecular weight is 280 g/mol. The Balaban J connectivity index is 2.01. The zero-order chi connectivity index (χ0) is 14.7. The molecule has 9 heteroatoms. The summed E-state index contributed by atoms with van der Waals surface area (Å²) in [4.78, 5) is 20.5. The third-order valence-electron chi connectivity index (χ3n) is 2.59. The fourth-order valence-corrected chi connectivity index (χ4v) is 1.62. The Morgan fingerprint density at radius 1 is 1.50 bits per heavy atom. The molecule has 0 aliphatic heterocycles. The van der Waals surface area contributed by atoms with Crippen LogP contribution in [0.4, 0.5) is 5.82 Å². The molecular formula is C11H12N4O5. The van der Waals surface area contributed by atoms with E-state index in [0.717, 1.165) is 0 Å². The van der Waals surface area contributed by atoms with Crippen molar-refractivity contribution in [2.75, 3.05) is 0 Å². The van der Waals surface area contributed by atoms with E-state index in [0.29, 0.717) is 11.5 Å². The number of carboxylic acid groups (broad SMARTS) is 1. The minimum absolute atomic E-state index is 0.0780. The van der Waals surface area contributed by atoms with Crippen LogP contribution in [0.15, 0.2) is 28.8 Å². The van der Waals surface area contributed by atoms with E-state index in [4.69, 9.17) is 15.3 Å². The van der Waals surface area contributed by atoms with Gasteiger partial charge >= 0.3 is 11.8 Å². The molecule has 0 aliphatic rings. The standard InChI is InChI=1S/C11H12N4O5/c12-9(11(16)17)5-7-1-2-8(20-7)6-14-4-3-10(13-14)15(18)19/h1-4,9H,5-6,12H2,(H,16,17). The first kappa shape index (κ1) is 13.7. The predicted octanol–water partition coefficient (Wildman–Crippen LogP) is 0.387. The van der Waals surface area contributed by atoms with Gasteiger partial charge in [0.15, 0.2) is 0 Å². The SMILES string of the molecule is NC(Cc1ccc(Cn2ccc([N+](=O)[O-])n2)o1)C(=O)O. The van der Waals surface area contributed by atoms with E-state index in [1.807, 2.05) is 0 Å². The number of nitro groups is 1. The fourth-order valence-electron chi connectivity index (χ4n) is 1.62. The van der Waals surface area contributed by atoms with Crippen LogP contribution in [0.3, 0.4) is 0 Å². The molecule has 0 bridgehead atoms. The number of carbonyl (C=O) groups is 1. The summed E-state index contributed by atoms with van der Waals surface area (Å²) < 4.78 is 6.76. The molecule has 0 amide bonds. The second-order valence-corrected chi connectivity index (χ2v) is 4.15. The van der Waals surface area contributed by atoms with Crippen molar-refractivity contribution in [3.63, 3.8) is 0 Å². The lowest BCUT2D eigenvalue weighted by Crippen LogP contribution is -2.32. The van der Waals surface area contributed by atoms with E-state index >= 15 is 0 Å². The summed E-state index contributed by atoms with van der Waals surface area (Å²) in [5.74, 6) is -0.400. The summed E-state index contributed by atoms with van der Waals surface area (Å²) in [6, 6.07) is 3.53. The number of hydrogen-bond donors (Lipinski definition) is 2. The molecular weight excluding hydrogens is 268 g/mol. The van der Waals surface area contributed by atoms with Gasteiger partial charge in [0, 0.05) is 6.42 Å². The highest BCUT2D eigenvalue weighted by Crippen LogP contribution is 2.13. The lowest BCUT2D eigenvalue weighted by molar-refractivity contribution is -0.389. The van der Waals surface area contributed by atoms with Crippen LogP contribution in [0.25, 0.3) is 0 Å². The van der Waals surface area contributed by atoms with Gasteiger partial charge in [-0.15, -0.1) is 0 Å². The molecule has 106 valence electrons. The van der Waals surface area contributed by atoms with Gasteiger partial charge < -0.3 is 25.4 Å². The molecule has 0 spiro atoms. The van der Waals surface area contributed by atoms with Gasteiger partial charge in [-0.3, -0.25) is 4.79 Å². The molecule has 0 saturated carbocycles. The van der Waals surface area contributed by atoms with Crippen LogP contribution < -0.4 is 5.73 Å². The maximum Gasteiger partial charge on any atom is 0.389 e. The van der Waals surface area contributed by atoms with Crippen LogP contribution in [0.1, 0.15) is 11.5 Å². The summed E-state index contributed by atoms with van der Waals surface area (Å²) in [6.45, 7) is 0.218. The summed E-state index contributed by atoms with van der Waals surface area (Å²) in [5.41, 5.74) is 5.39. The molecule has 0 aromatic carbocycles. The Kier molecular flexibility index (Phi) is 3.80. The molecule has 0 aliphatic carbocycles. The highest BCUT2D eigenvalue weighted by Gasteiger charge is 2.16. The molecule has 20 heavy (non-hydrogen) atoms. The number of nitrogens with two attached hydrogens (primary N) is 1. The Bertz CT molecular complexity index is 632. The second-order valence-electron chi connectivity index (χ2n) is 4.15. The molecule has 0 fully saturated rings. The van der Waals surface area contributed by atoms with E-state index in [9.17, 15) is 14.9 Å². The van der Waals surface area contributed by atoms with Crippen LogP contribution in [0.5, 0.6) is 0 Å². The van der Waals surface area contributed by atoms with Crippen molar-refractivity contribution in [1.29, 1.82) is 0 Å². The lowest BCUT2D eigenvalue weighted by atomic mass is 10.2. The number of aliphatic carboxylic acids is 1. The zero-order valence-corrected chi connectivity index (χ0v) is 10.3. The van der Waals surface area contributed by atoms with Crippen molar-refractivity contribution in [1.82, 2.24) is 9.78 Å². The normalized spacial score (nSPS) is 12.2. The van der Waals surface area contributed by atoms with Crippen LogP contribution in [-0.4, -0.2) is 31.8 Å². The second kappa shape index (κ2) is 5.53. The molecule has 1 atom stereocenters. The van der Waals surface area contributed by atoms with E-state index in [2.05, 4.69) is 5.10 Å². The largest absolute Gasteiger partial charge is 0.480 e. The van der Waals surface area contributed by atoms with E-state index in [1.165, 1.54) is 16.9 Å². The predicted molar refractivity (Wildman–Crippen MR) is 66.0 cm³/mol. The van der Waals surface area contributed by atoms with Gasteiger partial charge in [-0.25, -0.2) is 0 Å². The van der Waals surface area contributed by atoms with Crippen LogP contribution in [-0.2, 0) is 17.8 Å². The van der Waals surface area contributed by atoms with Gasteiger partial charge in [0.1, 0.15) is 24.1 Å². The van der Waals surface area contributed by atoms with Crippen molar-refractivity contribution < 1.29 is 19.2 Å². The molecule has 9 nitrogen and oxygen atoms in total. The van der Waals surface area contributed by atoms with Gasteiger partial charge in [-0.1, -0.05) is 0 Å². The molecule has 0 saturated heterocycles.